The van der Waals surface area contributed by atoms with Gasteiger partial charge in [0.25, 0.3) is 0 Å². The summed E-state index contributed by atoms with van der Waals surface area (Å²) in [7, 11) is 0. The summed E-state index contributed by atoms with van der Waals surface area (Å²) in [4.78, 5) is 166. The number of nitrogens with one attached hydrogen (secondary N) is 9. The molecule has 11 amide bonds. The molecule has 0 radical (unpaired) electrons. The van der Waals surface area contributed by atoms with E-state index in [1.165, 1.54) is 0 Å². The van der Waals surface area contributed by atoms with Crippen molar-refractivity contribution in [2.75, 3.05) is 36.1 Å². The van der Waals surface area contributed by atoms with Gasteiger partial charge in [0.2, 0.25) is 65.0 Å². The number of aliphatic hydroxyl groups is 1. The summed E-state index contributed by atoms with van der Waals surface area (Å²) in [5.41, 5.74) is 27.1. The van der Waals surface area contributed by atoms with Crippen molar-refractivity contribution in [2.24, 2.45) is 28.7 Å². The minimum Gasteiger partial charge on any atom is -0.481 e. The molecule has 0 aromatic rings. The lowest BCUT2D eigenvalue weighted by Gasteiger charge is -2.27. The van der Waals surface area contributed by atoms with Crippen molar-refractivity contribution in [3.63, 3.8) is 0 Å². The average molecular weight is 1130 g/mol. The lowest BCUT2D eigenvalue weighted by atomic mass is 10.0. The van der Waals surface area contributed by atoms with Crippen molar-refractivity contribution in [3.05, 3.63) is 0 Å². The number of nitrogens with two attached hydrogens (primary N) is 5. The molecule has 0 bridgehead atoms. The van der Waals surface area contributed by atoms with Crippen LogP contribution in [0.4, 0.5) is 0 Å². The third-order valence-electron chi connectivity index (χ3n) is 10.3. The molecule has 0 aromatic heterocycles. The van der Waals surface area contributed by atoms with Gasteiger partial charge in [-0.05, 0) is 58.5 Å². The van der Waals surface area contributed by atoms with E-state index in [-0.39, 0.29) is 56.0 Å². The number of carboxylic acid groups (broad SMARTS) is 2. The van der Waals surface area contributed by atoms with Crippen LogP contribution in [0, 0.1) is 0 Å². The molecule has 34 heteroatoms. The van der Waals surface area contributed by atoms with E-state index in [4.69, 9.17) is 28.7 Å². The highest BCUT2D eigenvalue weighted by atomic mass is 32.1. The first-order chi connectivity index (χ1) is 34.7. The molecule has 0 aliphatic carbocycles. The highest BCUT2D eigenvalue weighted by Crippen LogP contribution is 2.09. The van der Waals surface area contributed by atoms with Gasteiger partial charge in [0.1, 0.15) is 48.3 Å². The maximum atomic E-state index is 13.9. The van der Waals surface area contributed by atoms with Gasteiger partial charge in [-0.25, -0.2) is 4.79 Å². The van der Waals surface area contributed by atoms with E-state index in [0.717, 1.165) is 6.92 Å². The van der Waals surface area contributed by atoms with E-state index < -0.39 is 168 Å². The van der Waals surface area contributed by atoms with Gasteiger partial charge in [-0.3, -0.25) is 57.5 Å². The molecule has 0 fully saturated rings. The Hall–Kier alpha value is -5.65. The molecule has 0 unspecified atom stereocenters. The van der Waals surface area contributed by atoms with Gasteiger partial charge in [-0.2, -0.15) is 50.5 Å². The highest BCUT2D eigenvalue weighted by molar-refractivity contribution is 7.80. The lowest BCUT2D eigenvalue weighted by Crippen LogP contribution is -2.61. The largest absolute Gasteiger partial charge is 0.481 e. The zero-order valence-electron chi connectivity index (χ0n) is 40.3. The minimum absolute atomic E-state index is 0.0688. The van der Waals surface area contributed by atoms with Crippen molar-refractivity contribution in [2.45, 2.75) is 131 Å². The summed E-state index contributed by atoms with van der Waals surface area (Å²) < 4.78 is 0. The molecule has 22 N–H and O–H groups in total. The molecule has 0 aliphatic rings. The first-order valence-electron chi connectivity index (χ1n) is 22.7. The van der Waals surface area contributed by atoms with Crippen LogP contribution in [0.3, 0.4) is 0 Å². The molecule has 74 heavy (non-hydrogen) atoms. The topological polar surface area (TPSA) is 521 Å². The lowest BCUT2D eigenvalue weighted by molar-refractivity contribution is -0.146. The molecule has 0 spiro atoms. The van der Waals surface area contributed by atoms with Gasteiger partial charge in [-0.1, -0.05) is 0 Å². The molecule has 11 atom stereocenters. The van der Waals surface area contributed by atoms with Crippen LogP contribution in [-0.2, 0) is 62.3 Å². The Labute approximate surface area is 447 Å². The van der Waals surface area contributed by atoms with Crippen LogP contribution in [0.2, 0.25) is 0 Å². The number of carbonyl (C=O) groups excluding carboxylic acids is 11. The van der Waals surface area contributed by atoms with Gasteiger partial charge in [0, 0.05) is 23.0 Å². The molecule has 0 saturated carbocycles. The summed E-state index contributed by atoms with van der Waals surface area (Å²) in [6.45, 7) is 1.41. The Morgan fingerprint density at radius 1 is 0.419 bits per heavy atom. The summed E-state index contributed by atoms with van der Waals surface area (Å²) in [5, 5.41) is 49.2. The number of primary amides is 2. The van der Waals surface area contributed by atoms with E-state index in [1.807, 2.05) is 5.32 Å². The van der Waals surface area contributed by atoms with E-state index in [0.29, 0.717) is 12.8 Å². The van der Waals surface area contributed by atoms with E-state index in [1.54, 1.807) is 0 Å². The number of carboxylic acids is 2. The first kappa shape index (κ1) is 68.4. The third-order valence-corrected chi connectivity index (χ3v) is 11.7. The van der Waals surface area contributed by atoms with Gasteiger partial charge < -0.3 is 91.8 Å². The summed E-state index contributed by atoms with van der Waals surface area (Å²) in [6, 6.07) is -15.8. The zero-order valence-corrected chi connectivity index (χ0v) is 43.9. The van der Waals surface area contributed by atoms with Crippen LogP contribution in [0.25, 0.3) is 0 Å². The summed E-state index contributed by atoms with van der Waals surface area (Å²) in [5.74, 6) is -16.2. The Morgan fingerprint density at radius 2 is 0.703 bits per heavy atom. The summed E-state index contributed by atoms with van der Waals surface area (Å²) >= 11 is 16.4. The number of carbonyl (C=O) groups is 13. The van der Waals surface area contributed by atoms with Crippen LogP contribution in [-0.4, -0.2) is 195 Å². The van der Waals surface area contributed by atoms with Gasteiger partial charge in [0.15, 0.2) is 6.04 Å². The van der Waals surface area contributed by atoms with Crippen LogP contribution in [0.1, 0.15) is 64.7 Å². The average Bonchev–Trinajstić information content (AvgIpc) is 3.32. The van der Waals surface area contributed by atoms with Crippen LogP contribution in [0.15, 0.2) is 0 Å². The second-order valence-corrected chi connectivity index (χ2v) is 17.9. The van der Waals surface area contributed by atoms with E-state index in [2.05, 4.69) is 93.0 Å². The fourth-order valence-electron chi connectivity index (χ4n) is 6.23. The first-order valence-corrected chi connectivity index (χ1v) is 25.3. The fourth-order valence-corrected chi connectivity index (χ4v) is 7.26. The molecular weight excluding hydrogens is 1060 g/mol. The number of rotatable bonds is 38. The quantitative estimate of drug-likeness (QED) is 0.0202. The van der Waals surface area contributed by atoms with Crippen molar-refractivity contribution >= 4 is 127 Å². The number of aliphatic hydroxyl groups excluding tert-OH is 1. The Bertz CT molecular complexity index is 1980. The normalized spacial score (nSPS) is 15.4. The number of aliphatic carboxylic acids is 2. The number of thiol groups is 4. The third kappa shape index (κ3) is 26.0. The van der Waals surface area contributed by atoms with Crippen LogP contribution < -0.4 is 76.5 Å². The van der Waals surface area contributed by atoms with Crippen LogP contribution in [0.5, 0.6) is 0 Å². The Morgan fingerprint density at radius 3 is 1.00 bits per heavy atom. The molecule has 420 valence electrons. The predicted molar refractivity (Wildman–Crippen MR) is 276 cm³/mol. The van der Waals surface area contributed by atoms with Crippen molar-refractivity contribution < 1.29 is 77.6 Å². The van der Waals surface area contributed by atoms with E-state index in [9.17, 15) is 77.6 Å². The zero-order chi connectivity index (χ0) is 56.8. The number of hydrogen-bond donors (Lipinski definition) is 21. The number of amides is 11. The molecule has 0 aliphatic heterocycles. The standard InChI is InChI=1S/C40H70N14O16S4/c1-17(55)30(40(69)70)54-35(64)22(12-29(58)59)49-33(62)20(7-3-5-9-42)46-32(61)19(6-2-4-8-41)47-36(65)23(13-71)51-38(67)25(15-73)53-39(68)26(16-74)52-37(66)24(14-72)50-34(63)21(11-28(45)57)48-31(60)18(43)10-27(44)56/h17-26,30,55,71-74H,2-16,41-43H2,1H3,(H2,44,56)(H2,45,57)(H,46,61)(H,47,65)(H,48,60)(H,49,62)(H,50,63)(H,51,67)(H,52,66)(H,53,68)(H,54,64)(H,58,59)(H,69,70)/t17-,18+,19+,20+,21+,22+,23+,24+,25+,26+,30+/m1/s1. The van der Waals surface area contributed by atoms with Crippen LogP contribution >= 0.6 is 50.5 Å². The molecule has 0 aromatic carbocycles. The SMILES string of the molecule is C[C@@H](O)[C@H](NC(=O)[C@H](CC(=O)O)NC(=O)[C@H](CCCCN)NC(=O)[C@H](CCCCN)NC(=O)[C@H](CS)NC(=O)[C@H](CS)NC(=O)[C@H](CS)NC(=O)[C@H](CS)NC(=O)[C@H](CC(N)=O)NC(=O)[C@@H](N)CC(N)=O)C(=O)O. The number of unbranched alkanes of at least 4 members (excludes halogenated alkanes) is 2. The molecule has 0 saturated heterocycles. The smallest absolute Gasteiger partial charge is 0.328 e. The van der Waals surface area contributed by atoms with Crippen molar-refractivity contribution in [3.8, 4) is 0 Å². The molecule has 0 heterocycles. The molecular formula is C40H70N14O16S4. The van der Waals surface area contributed by atoms with Crippen molar-refractivity contribution in [1.82, 2.24) is 47.9 Å². The second-order valence-electron chi connectivity index (χ2n) is 16.4. The highest BCUT2D eigenvalue weighted by Gasteiger charge is 2.36. The molecule has 30 nitrogen and oxygen atoms in total. The van der Waals surface area contributed by atoms with E-state index >= 15 is 0 Å². The van der Waals surface area contributed by atoms with Gasteiger partial charge in [-0.15, -0.1) is 0 Å². The van der Waals surface area contributed by atoms with Gasteiger partial charge in [0.05, 0.1) is 31.4 Å². The van der Waals surface area contributed by atoms with Gasteiger partial charge >= 0.3 is 11.9 Å². The Balaban J connectivity index is 6.22. The molecule has 0 rings (SSSR count). The minimum atomic E-state index is -1.88. The Kier molecular flexibility index (Phi) is 33.5. The second kappa shape index (κ2) is 36.3. The van der Waals surface area contributed by atoms with Crippen molar-refractivity contribution in [1.29, 1.82) is 0 Å². The fraction of sp³-hybridized carbons (Fsp3) is 0.675. The maximum absolute atomic E-state index is 13.9. The monoisotopic (exact) mass is 1130 g/mol. The predicted octanol–water partition coefficient (Wildman–Crippen LogP) is -8.66. The summed E-state index contributed by atoms with van der Waals surface area (Å²) in [6.07, 6.45) is -2.99. The maximum Gasteiger partial charge on any atom is 0.328 e. The number of hydrogen-bond acceptors (Lipinski definition) is 21.